The molecule has 0 fully saturated rings. The van der Waals surface area contributed by atoms with Gasteiger partial charge in [0.05, 0.1) is 12.2 Å². The second kappa shape index (κ2) is 6.18. The van der Waals surface area contributed by atoms with E-state index in [0.717, 1.165) is 5.56 Å². The predicted octanol–water partition coefficient (Wildman–Crippen LogP) is 1.71. The van der Waals surface area contributed by atoms with Crippen LogP contribution in [0.1, 0.15) is 18.1 Å². The molecule has 2 nitrogen and oxygen atoms in total. The van der Waals surface area contributed by atoms with Gasteiger partial charge in [-0.2, -0.15) is 0 Å². The number of aliphatic hydroxyl groups excluding tert-OH is 1. The summed E-state index contributed by atoms with van der Waals surface area (Å²) in [5.74, 6) is 4.58. The van der Waals surface area contributed by atoms with Crippen LogP contribution in [0, 0.1) is 17.7 Å². The molecule has 0 heterocycles. The molecule has 1 rings (SSSR count). The van der Waals surface area contributed by atoms with Gasteiger partial charge < -0.3 is 9.84 Å². The number of aliphatic hydroxyl groups is 1. The minimum absolute atomic E-state index is 0.269. The Balaban J connectivity index is 2.85. The molecular weight excluding hydrogens is 195 g/mol. The first-order valence-corrected chi connectivity index (χ1v) is 4.73. The van der Waals surface area contributed by atoms with Crippen LogP contribution in [0.5, 0.6) is 0 Å². The van der Waals surface area contributed by atoms with Crippen molar-refractivity contribution in [2.45, 2.75) is 13.5 Å². The molecule has 0 radical (unpaired) electrons. The zero-order valence-electron chi connectivity index (χ0n) is 8.59. The lowest BCUT2D eigenvalue weighted by Gasteiger charge is -2.02. The molecule has 0 saturated heterocycles. The molecule has 15 heavy (non-hydrogen) atoms. The third-order valence-electron chi connectivity index (χ3n) is 1.81. The lowest BCUT2D eigenvalue weighted by Crippen LogP contribution is -1.94. The molecule has 0 aromatic heterocycles. The van der Waals surface area contributed by atoms with Gasteiger partial charge >= 0.3 is 0 Å². The monoisotopic (exact) mass is 208 g/mol. The number of hydrogen-bond acceptors (Lipinski definition) is 2. The smallest absolute Gasteiger partial charge is 0.138 e. The summed E-state index contributed by atoms with van der Waals surface area (Å²) in [6, 6.07) is 4.65. The topological polar surface area (TPSA) is 29.5 Å². The van der Waals surface area contributed by atoms with Gasteiger partial charge in [-0.15, -0.1) is 0 Å². The summed E-state index contributed by atoms with van der Waals surface area (Å²) in [5.41, 5.74) is 1.17. The Kier molecular flexibility index (Phi) is 4.82. The van der Waals surface area contributed by atoms with Gasteiger partial charge in [-0.1, -0.05) is 17.9 Å². The van der Waals surface area contributed by atoms with Gasteiger partial charge in [0.2, 0.25) is 0 Å². The molecule has 1 N–H and O–H groups in total. The third kappa shape index (κ3) is 3.70. The van der Waals surface area contributed by atoms with Crippen LogP contribution in [-0.2, 0) is 11.3 Å². The maximum atomic E-state index is 13.2. The Hall–Kier alpha value is -1.37. The van der Waals surface area contributed by atoms with Gasteiger partial charge in [0.25, 0.3) is 0 Å². The summed E-state index contributed by atoms with van der Waals surface area (Å²) in [4.78, 5) is 0. The average Bonchev–Trinajstić information content (AvgIpc) is 2.26. The number of ether oxygens (including phenoxy) is 1. The fourth-order valence-corrected chi connectivity index (χ4v) is 1.11. The minimum Gasteiger partial charge on any atom is -0.384 e. The van der Waals surface area contributed by atoms with E-state index in [1.165, 1.54) is 6.07 Å². The predicted molar refractivity (Wildman–Crippen MR) is 55.7 cm³/mol. The maximum Gasteiger partial charge on any atom is 0.138 e. The second-order valence-corrected chi connectivity index (χ2v) is 2.91. The fraction of sp³-hybridized carbons (Fsp3) is 0.333. The molecule has 0 spiro atoms. The first-order valence-electron chi connectivity index (χ1n) is 4.73. The summed E-state index contributed by atoms with van der Waals surface area (Å²) >= 11 is 0. The highest BCUT2D eigenvalue weighted by Crippen LogP contribution is 2.10. The largest absolute Gasteiger partial charge is 0.384 e. The zero-order valence-corrected chi connectivity index (χ0v) is 8.59. The van der Waals surface area contributed by atoms with Gasteiger partial charge in [0, 0.05) is 6.61 Å². The van der Waals surface area contributed by atoms with E-state index in [9.17, 15) is 4.39 Å². The maximum absolute atomic E-state index is 13.2. The van der Waals surface area contributed by atoms with Crippen molar-refractivity contribution in [3.8, 4) is 11.8 Å². The quantitative estimate of drug-likeness (QED) is 0.766. The fourth-order valence-electron chi connectivity index (χ4n) is 1.11. The van der Waals surface area contributed by atoms with E-state index in [0.29, 0.717) is 18.8 Å². The highest BCUT2D eigenvalue weighted by Gasteiger charge is 2.00. The van der Waals surface area contributed by atoms with Crippen molar-refractivity contribution in [2.24, 2.45) is 0 Å². The molecule has 0 saturated carbocycles. The molecule has 0 unspecified atom stereocenters. The summed E-state index contributed by atoms with van der Waals surface area (Å²) < 4.78 is 18.4. The molecular formula is C12H13FO2. The minimum atomic E-state index is -0.379. The van der Waals surface area contributed by atoms with E-state index in [1.54, 1.807) is 12.1 Å². The van der Waals surface area contributed by atoms with Gasteiger partial charge in [0.15, 0.2) is 0 Å². The lowest BCUT2D eigenvalue weighted by molar-refractivity contribution is 0.134. The highest BCUT2D eigenvalue weighted by atomic mass is 19.1. The van der Waals surface area contributed by atoms with Crippen LogP contribution in [-0.4, -0.2) is 18.3 Å². The average molecular weight is 208 g/mol. The molecule has 0 aliphatic heterocycles. The number of rotatable bonds is 3. The van der Waals surface area contributed by atoms with Gasteiger partial charge in [-0.05, 0) is 24.6 Å². The second-order valence-electron chi connectivity index (χ2n) is 2.91. The van der Waals surface area contributed by atoms with Crippen LogP contribution in [0.2, 0.25) is 0 Å². The molecule has 80 valence electrons. The molecule has 0 atom stereocenters. The summed E-state index contributed by atoms with van der Waals surface area (Å²) in [6.07, 6.45) is 0. The van der Waals surface area contributed by atoms with Crippen LogP contribution in [0.4, 0.5) is 4.39 Å². The van der Waals surface area contributed by atoms with E-state index in [4.69, 9.17) is 9.84 Å². The first-order chi connectivity index (χ1) is 7.27. The van der Waals surface area contributed by atoms with E-state index in [2.05, 4.69) is 11.8 Å². The Morgan fingerprint density at radius 1 is 1.47 bits per heavy atom. The number of halogens is 1. The molecule has 0 aliphatic carbocycles. The molecule has 1 aromatic rings. The standard InChI is InChI=1S/C12H13FO2/c1-2-15-9-10-5-6-12(13)11(8-10)4-3-7-14/h5-6,8,14H,2,7,9H2,1H3. The first kappa shape index (κ1) is 11.7. The van der Waals surface area contributed by atoms with Crippen molar-refractivity contribution in [3.63, 3.8) is 0 Å². The molecule has 0 aliphatic rings. The Morgan fingerprint density at radius 2 is 2.27 bits per heavy atom. The van der Waals surface area contributed by atoms with Crippen LogP contribution in [0.3, 0.4) is 0 Å². The van der Waals surface area contributed by atoms with Crippen LogP contribution in [0.25, 0.3) is 0 Å². The number of benzene rings is 1. The third-order valence-corrected chi connectivity index (χ3v) is 1.81. The van der Waals surface area contributed by atoms with Crippen LogP contribution < -0.4 is 0 Å². The molecule has 0 amide bonds. The van der Waals surface area contributed by atoms with Gasteiger partial charge in [-0.25, -0.2) is 4.39 Å². The van der Waals surface area contributed by atoms with Gasteiger partial charge in [0.1, 0.15) is 12.4 Å². The van der Waals surface area contributed by atoms with Crippen LogP contribution >= 0.6 is 0 Å². The normalized spacial score (nSPS) is 9.53. The van der Waals surface area contributed by atoms with E-state index >= 15 is 0 Å². The van der Waals surface area contributed by atoms with Crippen LogP contribution in [0.15, 0.2) is 18.2 Å². The van der Waals surface area contributed by atoms with Crippen molar-refractivity contribution in [2.75, 3.05) is 13.2 Å². The molecule has 1 aromatic carbocycles. The van der Waals surface area contributed by atoms with Crippen molar-refractivity contribution in [1.82, 2.24) is 0 Å². The Morgan fingerprint density at radius 3 is 2.93 bits per heavy atom. The Labute approximate surface area is 88.7 Å². The number of hydrogen-bond donors (Lipinski definition) is 1. The SMILES string of the molecule is CCOCc1ccc(F)c(C#CCO)c1. The highest BCUT2D eigenvalue weighted by molar-refractivity contribution is 5.38. The summed E-state index contributed by atoms with van der Waals surface area (Å²) in [6.45, 7) is 2.70. The van der Waals surface area contributed by atoms with Crippen molar-refractivity contribution in [3.05, 3.63) is 35.1 Å². The summed E-state index contributed by atoms with van der Waals surface area (Å²) in [7, 11) is 0. The van der Waals surface area contributed by atoms with Crippen molar-refractivity contribution < 1.29 is 14.2 Å². The lowest BCUT2D eigenvalue weighted by atomic mass is 10.1. The zero-order chi connectivity index (χ0) is 11.1. The van der Waals surface area contributed by atoms with Crippen molar-refractivity contribution >= 4 is 0 Å². The Bertz CT molecular complexity index is 377. The van der Waals surface area contributed by atoms with E-state index in [1.807, 2.05) is 6.92 Å². The molecule has 0 bridgehead atoms. The van der Waals surface area contributed by atoms with E-state index in [-0.39, 0.29) is 12.4 Å². The van der Waals surface area contributed by atoms with E-state index < -0.39 is 0 Å². The van der Waals surface area contributed by atoms with Crippen molar-refractivity contribution in [1.29, 1.82) is 0 Å². The summed E-state index contributed by atoms with van der Waals surface area (Å²) in [5, 5.41) is 8.51. The van der Waals surface area contributed by atoms with Gasteiger partial charge in [-0.3, -0.25) is 0 Å². The molecule has 3 heteroatoms.